The molecule has 0 fully saturated rings. The predicted molar refractivity (Wildman–Crippen MR) is 222 cm³/mol. The quantitative estimate of drug-likeness (QED) is 0.180. The van der Waals surface area contributed by atoms with Crippen LogP contribution in [0.4, 0.5) is 0 Å². The van der Waals surface area contributed by atoms with Crippen molar-refractivity contribution in [2.24, 2.45) is 0 Å². The number of rotatable bonds is 4. The Balaban J connectivity index is 1.58. The van der Waals surface area contributed by atoms with Crippen LogP contribution in [-0.2, 0) is 28.0 Å². The Kier molecular flexibility index (Phi) is 9.13. The second-order valence-electron chi connectivity index (χ2n) is 20.4. The molecule has 262 valence electrons. The SMILES string of the molecule is CC(C)(C)c1ccc(-c2cccc3c2C=C[CH]3[Hf]([CH3])([CH3])([CH]2C=Cc3c(-c4ccc(C(C)(C)C)cc4)cccc32)=[Si](C(C)(C)C)C(C)(C)C)cc1. The van der Waals surface area contributed by atoms with E-state index in [1.807, 2.05) is 0 Å². The molecule has 0 heterocycles. The summed E-state index contributed by atoms with van der Waals surface area (Å²) in [5.74, 6) is 0. The molecule has 6 rings (SSSR count). The second-order valence-corrected chi connectivity index (χ2v) is 65.7. The Hall–Kier alpha value is -2.55. The van der Waals surface area contributed by atoms with Gasteiger partial charge >= 0.3 is 308 Å². The zero-order valence-electron chi connectivity index (χ0n) is 33.5. The predicted octanol–water partition coefficient (Wildman–Crippen LogP) is 14.8. The van der Waals surface area contributed by atoms with Crippen LogP contribution in [0.5, 0.6) is 0 Å². The summed E-state index contributed by atoms with van der Waals surface area (Å²) in [7, 11) is 0. The van der Waals surface area contributed by atoms with Crippen molar-refractivity contribution >= 4 is 17.6 Å². The normalized spacial score (nSPS) is 18.0. The van der Waals surface area contributed by atoms with Crippen LogP contribution in [0.25, 0.3) is 34.4 Å². The van der Waals surface area contributed by atoms with Gasteiger partial charge in [-0.1, -0.05) is 0 Å². The standard InChI is InChI=1S/2C19H19.C8H18Si.2CH3.Hf/c2*1-19(2,3)16-12-10-15(11-13-16)18-9-5-7-14-6-4-8-17(14)18;1-7(2,3)9-8(4,5)6;;;/h2*4-13H,1-3H3;1-6H3;2*1H3;. The molecule has 2 heteroatoms. The van der Waals surface area contributed by atoms with Crippen molar-refractivity contribution in [2.45, 2.75) is 121 Å². The number of hydrogen-bond donors (Lipinski definition) is 0. The second kappa shape index (κ2) is 12.3. The van der Waals surface area contributed by atoms with E-state index >= 15 is 0 Å². The molecule has 0 aromatic heterocycles. The molecule has 0 saturated carbocycles. The van der Waals surface area contributed by atoms with Crippen LogP contribution in [0.15, 0.2) is 97.1 Å². The van der Waals surface area contributed by atoms with Crippen molar-refractivity contribution in [1.29, 1.82) is 0 Å². The molecule has 0 spiro atoms. The number of fused-ring (bicyclic) bond motifs is 2. The van der Waals surface area contributed by atoms with Gasteiger partial charge in [-0.2, -0.15) is 0 Å². The number of benzene rings is 4. The van der Waals surface area contributed by atoms with Crippen LogP contribution in [0.2, 0.25) is 19.4 Å². The van der Waals surface area contributed by atoms with Crippen LogP contribution in [-0.4, -0.2) is 5.49 Å². The third kappa shape index (κ3) is 6.29. The van der Waals surface area contributed by atoms with Gasteiger partial charge in [0.1, 0.15) is 0 Å². The first kappa shape index (κ1) is 37.2. The van der Waals surface area contributed by atoms with Gasteiger partial charge in [0.15, 0.2) is 0 Å². The molecule has 4 aromatic carbocycles. The molecule has 2 atom stereocenters. The van der Waals surface area contributed by atoms with E-state index in [2.05, 4.69) is 202 Å². The van der Waals surface area contributed by atoms with Gasteiger partial charge in [-0.15, -0.1) is 0 Å². The fraction of sp³-hybridized carbons (Fsp3) is 0.417. The number of hydrogen-bond acceptors (Lipinski definition) is 0. The first-order valence-corrected chi connectivity index (χ1v) is 37.2. The molecule has 0 bridgehead atoms. The third-order valence-electron chi connectivity index (χ3n) is 12.2. The van der Waals surface area contributed by atoms with Gasteiger partial charge < -0.3 is 0 Å². The van der Waals surface area contributed by atoms with Gasteiger partial charge in [0.2, 0.25) is 0 Å². The molecule has 0 aliphatic heterocycles. The molecular formula is C48H62HfSi. The fourth-order valence-electron chi connectivity index (χ4n) is 11.0. The van der Waals surface area contributed by atoms with E-state index in [9.17, 15) is 0 Å². The van der Waals surface area contributed by atoms with Gasteiger partial charge in [-0.25, -0.2) is 0 Å². The van der Waals surface area contributed by atoms with E-state index in [1.54, 1.807) is 11.1 Å². The molecule has 2 aliphatic rings. The van der Waals surface area contributed by atoms with E-state index in [0.717, 1.165) is 0 Å². The monoisotopic (exact) mass is 846 g/mol. The average molecular weight is 846 g/mol. The van der Waals surface area contributed by atoms with Gasteiger partial charge in [-0.05, 0) is 0 Å². The Bertz CT molecular complexity index is 1920. The fourth-order valence-corrected chi connectivity index (χ4v) is 95.5. The summed E-state index contributed by atoms with van der Waals surface area (Å²) in [4.78, 5) is 0. The third-order valence-corrected chi connectivity index (χ3v) is 72.4. The first-order chi connectivity index (χ1) is 23.0. The van der Waals surface area contributed by atoms with Crippen molar-refractivity contribution in [1.82, 2.24) is 0 Å². The van der Waals surface area contributed by atoms with Crippen molar-refractivity contribution in [3.05, 3.63) is 130 Å². The average Bonchev–Trinajstić information content (AvgIpc) is 3.65. The van der Waals surface area contributed by atoms with Crippen molar-refractivity contribution < 1.29 is 17.1 Å². The van der Waals surface area contributed by atoms with Crippen LogP contribution >= 0.6 is 0 Å². The van der Waals surface area contributed by atoms with Crippen LogP contribution < -0.4 is 0 Å². The van der Waals surface area contributed by atoms with E-state index in [0.29, 0.717) is 7.35 Å². The Morgan fingerprint density at radius 2 is 0.800 bits per heavy atom. The molecule has 0 N–H and O–H groups in total. The molecule has 50 heavy (non-hydrogen) atoms. The van der Waals surface area contributed by atoms with Gasteiger partial charge in [0.05, 0.1) is 0 Å². The van der Waals surface area contributed by atoms with Crippen molar-refractivity contribution in [3.63, 3.8) is 0 Å². The molecule has 0 radical (unpaired) electrons. The zero-order valence-corrected chi connectivity index (χ0v) is 38.1. The van der Waals surface area contributed by atoms with E-state index in [1.165, 1.54) is 44.5 Å². The summed E-state index contributed by atoms with van der Waals surface area (Å²) in [5, 5.41) is 0.492. The maximum atomic E-state index is 2.91. The molecule has 0 nitrogen and oxygen atoms in total. The summed E-state index contributed by atoms with van der Waals surface area (Å²) in [6.07, 6.45) is 10.4. The minimum absolute atomic E-state index is 0.145. The van der Waals surface area contributed by atoms with Crippen LogP contribution in [0.1, 0.15) is 124 Å². The van der Waals surface area contributed by atoms with Crippen molar-refractivity contribution in [3.8, 4) is 22.3 Å². The Labute approximate surface area is 306 Å². The first-order valence-electron chi connectivity index (χ1n) is 18.9. The molecule has 0 amide bonds. The molecule has 0 saturated heterocycles. The zero-order chi connectivity index (χ0) is 36.7. The minimum atomic E-state index is -4.19. The summed E-state index contributed by atoms with van der Waals surface area (Å²) in [5.41, 5.74) is 13.6. The summed E-state index contributed by atoms with van der Waals surface area (Å²) >= 11 is -4.19. The van der Waals surface area contributed by atoms with E-state index < -0.39 is 22.6 Å². The summed E-state index contributed by atoms with van der Waals surface area (Å²) < 4.78 is 6.79. The summed E-state index contributed by atoms with van der Waals surface area (Å²) in [6, 6.07) is 33.2. The van der Waals surface area contributed by atoms with E-state index in [-0.39, 0.29) is 20.9 Å². The van der Waals surface area contributed by atoms with Gasteiger partial charge in [0, 0.05) is 0 Å². The molecular weight excluding hydrogens is 783 g/mol. The topological polar surface area (TPSA) is 0 Å². The van der Waals surface area contributed by atoms with Crippen molar-refractivity contribution in [2.75, 3.05) is 0 Å². The molecule has 2 aliphatic carbocycles. The Morgan fingerprint density at radius 1 is 0.460 bits per heavy atom. The maximum absolute atomic E-state index is 4.19. The molecule has 4 aromatic rings. The van der Waals surface area contributed by atoms with Crippen LogP contribution in [0, 0.1) is 0 Å². The van der Waals surface area contributed by atoms with E-state index in [4.69, 9.17) is 0 Å². The van der Waals surface area contributed by atoms with Gasteiger partial charge in [0.25, 0.3) is 0 Å². The number of allylic oxidation sites excluding steroid dienone is 2. The van der Waals surface area contributed by atoms with Gasteiger partial charge in [-0.3, -0.25) is 0 Å². The van der Waals surface area contributed by atoms with Crippen LogP contribution in [0.3, 0.4) is 0 Å². The Morgan fingerprint density at radius 3 is 1.10 bits per heavy atom. The molecule has 2 unspecified atom stereocenters. The summed E-state index contributed by atoms with van der Waals surface area (Å²) in [6.45, 7) is 29.3.